The van der Waals surface area contributed by atoms with Crippen molar-refractivity contribution in [3.63, 3.8) is 0 Å². The zero-order valence-electron chi connectivity index (χ0n) is 20.7. The van der Waals surface area contributed by atoms with Crippen molar-refractivity contribution < 1.29 is 29.4 Å². The molecule has 0 saturated carbocycles. The van der Waals surface area contributed by atoms with Crippen LogP contribution in [0, 0.1) is 5.41 Å². The van der Waals surface area contributed by atoms with Gasteiger partial charge in [0, 0.05) is 25.7 Å². The Morgan fingerprint density at radius 1 is 0.484 bits per heavy atom. The van der Waals surface area contributed by atoms with Gasteiger partial charge in [0.15, 0.2) is 11.6 Å². The first-order valence-corrected chi connectivity index (χ1v) is 11.6. The Bertz CT molecular complexity index is 599. The molecule has 4 saturated heterocycles. The molecule has 8 nitrogen and oxygen atoms in total. The van der Waals surface area contributed by atoms with Crippen molar-refractivity contribution in [2.24, 2.45) is 5.41 Å². The van der Waals surface area contributed by atoms with Gasteiger partial charge in [-0.1, -0.05) is 10.1 Å². The second-order valence-electron chi connectivity index (χ2n) is 13.1. The molecule has 8 heteroatoms. The Morgan fingerprint density at radius 3 is 0.935 bits per heavy atom. The van der Waals surface area contributed by atoms with Crippen LogP contribution in [0.25, 0.3) is 0 Å². The average Bonchev–Trinajstić information content (AvgIpc) is 2.62. The summed E-state index contributed by atoms with van der Waals surface area (Å²) in [6.45, 7) is 18.8. The Kier molecular flexibility index (Phi) is 5.27. The van der Waals surface area contributed by atoms with Gasteiger partial charge in [0.2, 0.25) is 0 Å². The molecule has 3 spiro atoms. The summed E-state index contributed by atoms with van der Waals surface area (Å²) in [6, 6.07) is 0. The highest BCUT2D eigenvalue weighted by molar-refractivity contribution is 5.05. The first kappa shape index (κ1) is 23.8. The molecule has 0 amide bonds. The van der Waals surface area contributed by atoms with Crippen molar-refractivity contribution in [3.05, 3.63) is 0 Å². The van der Waals surface area contributed by atoms with Crippen LogP contribution < -0.4 is 0 Å². The third kappa shape index (κ3) is 3.97. The number of hydrogen-bond donors (Lipinski definition) is 0. The number of rotatable bonds is 0. The summed E-state index contributed by atoms with van der Waals surface area (Å²) in [6.07, 6.45) is 2.65. The average molecular weight is 445 g/mol. The van der Waals surface area contributed by atoms with Gasteiger partial charge in [-0.2, -0.15) is 0 Å². The van der Waals surface area contributed by atoms with E-state index in [2.05, 4.69) is 55.4 Å². The van der Waals surface area contributed by atoms with Crippen LogP contribution >= 0.6 is 0 Å². The smallest absolute Gasteiger partial charge is 0.172 e. The number of nitrogens with zero attached hydrogens (tertiary/aromatic N) is 2. The molecule has 4 fully saturated rings. The van der Waals surface area contributed by atoms with E-state index in [1.807, 2.05) is 0 Å². The highest BCUT2D eigenvalue weighted by Gasteiger charge is 2.62. The minimum Gasteiger partial charge on any atom is -0.349 e. The molecule has 4 N–H and O–H groups in total. The van der Waals surface area contributed by atoms with Gasteiger partial charge < -0.3 is 29.4 Å². The van der Waals surface area contributed by atoms with Crippen LogP contribution in [-0.2, 0) is 18.9 Å². The second-order valence-corrected chi connectivity index (χ2v) is 13.1. The fourth-order valence-corrected chi connectivity index (χ4v) is 6.60. The largest absolute Gasteiger partial charge is 0.349 e. The molecule has 0 bridgehead atoms. The van der Waals surface area contributed by atoms with Crippen LogP contribution in [-0.4, -0.2) is 80.7 Å². The topological polar surface area (TPSA) is 89.2 Å². The molecule has 0 radical (unpaired) electrons. The van der Waals surface area contributed by atoms with Gasteiger partial charge in [0.05, 0.1) is 54.0 Å². The molecule has 0 unspecified atom stereocenters. The van der Waals surface area contributed by atoms with E-state index in [1.165, 1.54) is 0 Å². The molecule has 0 aliphatic carbocycles. The molecule has 4 aliphatic rings. The molecule has 0 aromatic heterocycles. The van der Waals surface area contributed by atoms with Crippen LogP contribution in [0.1, 0.15) is 81.1 Å². The summed E-state index contributed by atoms with van der Waals surface area (Å²) < 4.78 is 25.9. The summed E-state index contributed by atoms with van der Waals surface area (Å²) in [5.41, 5.74) is -1.65. The first-order chi connectivity index (χ1) is 14.0. The normalized spacial score (nSPS) is 35.4. The minimum absolute atomic E-state index is 0.310. The lowest BCUT2D eigenvalue weighted by Gasteiger charge is -2.59. The Labute approximate surface area is 186 Å². The summed E-state index contributed by atoms with van der Waals surface area (Å²) in [7, 11) is 0. The van der Waals surface area contributed by atoms with Crippen LogP contribution in [0.5, 0.6) is 0 Å². The molecule has 0 aromatic rings. The Morgan fingerprint density at radius 2 is 0.710 bits per heavy atom. The molecule has 4 rings (SSSR count). The lowest BCUT2D eigenvalue weighted by atomic mass is 9.76. The van der Waals surface area contributed by atoms with Crippen molar-refractivity contribution in [1.29, 1.82) is 0 Å². The third-order valence-corrected chi connectivity index (χ3v) is 7.79. The molecule has 31 heavy (non-hydrogen) atoms. The molecule has 0 atom stereocenters. The predicted octanol–water partition coefficient (Wildman–Crippen LogP) is 2.04. The SMILES string of the molecule is CC1(C)CC2(CC(C)(C)N1[OH2+])OCC1(CO2)COC2(CC(C)(C)N([OH2+])C(C)(C)C2)OC1. The lowest BCUT2D eigenvalue weighted by Crippen LogP contribution is -2.70. The van der Waals surface area contributed by atoms with Gasteiger partial charge in [-0.05, 0) is 55.4 Å². The highest BCUT2D eigenvalue weighted by Crippen LogP contribution is 2.51. The fourth-order valence-electron chi connectivity index (χ4n) is 6.60. The number of hydrogen-bond acceptors (Lipinski definition) is 6. The quantitative estimate of drug-likeness (QED) is 0.531. The van der Waals surface area contributed by atoms with E-state index >= 15 is 0 Å². The van der Waals surface area contributed by atoms with Crippen LogP contribution in [0.2, 0.25) is 0 Å². The zero-order chi connectivity index (χ0) is 23.1. The van der Waals surface area contributed by atoms with Gasteiger partial charge in [-0.25, -0.2) is 0 Å². The van der Waals surface area contributed by atoms with E-state index in [0.717, 1.165) is 0 Å². The van der Waals surface area contributed by atoms with E-state index in [0.29, 0.717) is 52.1 Å². The van der Waals surface area contributed by atoms with E-state index in [-0.39, 0.29) is 27.6 Å². The van der Waals surface area contributed by atoms with Crippen molar-refractivity contribution in [2.75, 3.05) is 26.4 Å². The van der Waals surface area contributed by atoms with Crippen molar-refractivity contribution in [2.45, 2.75) is 115 Å². The molecular weight excluding hydrogens is 400 g/mol. The molecule has 180 valence electrons. The van der Waals surface area contributed by atoms with Crippen molar-refractivity contribution in [1.82, 2.24) is 10.1 Å². The molecular formula is C23H44N2O6+2. The van der Waals surface area contributed by atoms with Gasteiger partial charge in [0.25, 0.3) is 0 Å². The Balaban J connectivity index is 1.44. The highest BCUT2D eigenvalue weighted by atomic mass is 16.7. The van der Waals surface area contributed by atoms with E-state index in [4.69, 9.17) is 29.4 Å². The zero-order valence-corrected chi connectivity index (χ0v) is 20.7. The van der Waals surface area contributed by atoms with Crippen LogP contribution in [0.4, 0.5) is 0 Å². The van der Waals surface area contributed by atoms with Crippen molar-refractivity contribution in [3.8, 4) is 0 Å². The monoisotopic (exact) mass is 444 g/mol. The predicted molar refractivity (Wildman–Crippen MR) is 117 cm³/mol. The van der Waals surface area contributed by atoms with Crippen molar-refractivity contribution >= 4 is 0 Å². The number of ether oxygens (including phenoxy) is 4. The van der Waals surface area contributed by atoms with E-state index in [9.17, 15) is 0 Å². The van der Waals surface area contributed by atoms with Gasteiger partial charge in [0.1, 0.15) is 0 Å². The molecule has 0 aromatic carbocycles. The maximum atomic E-state index is 8.52. The molecule has 4 heterocycles. The summed E-state index contributed by atoms with van der Waals surface area (Å²) in [4.78, 5) is 0. The van der Waals surface area contributed by atoms with Gasteiger partial charge in [-0.15, -0.1) is 0 Å². The summed E-state index contributed by atoms with van der Waals surface area (Å²) >= 11 is 0. The lowest BCUT2D eigenvalue weighted by molar-refractivity contribution is -0.414. The minimum atomic E-state index is -0.661. The maximum Gasteiger partial charge on any atom is 0.172 e. The number of piperidine rings is 2. The van der Waals surface area contributed by atoms with Gasteiger partial charge in [-0.3, -0.25) is 0 Å². The maximum absolute atomic E-state index is 8.52. The summed E-state index contributed by atoms with van der Waals surface area (Å²) in [5, 5.41) is 20.4. The number of hydroxylamine groups is 4. The first-order valence-electron chi connectivity index (χ1n) is 11.6. The Hall–Kier alpha value is -0.320. The van der Waals surface area contributed by atoms with E-state index in [1.54, 1.807) is 10.1 Å². The summed E-state index contributed by atoms with van der Waals surface area (Å²) in [5.74, 6) is -1.32. The van der Waals surface area contributed by atoms with E-state index < -0.39 is 11.6 Å². The molecule has 4 aliphatic heterocycles. The second kappa shape index (κ2) is 6.85. The van der Waals surface area contributed by atoms with Gasteiger partial charge >= 0.3 is 0 Å². The van der Waals surface area contributed by atoms with Crippen LogP contribution in [0.15, 0.2) is 0 Å². The third-order valence-electron chi connectivity index (χ3n) is 7.79. The standard InChI is InChI=1S/C23H42N2O6/c1-17(2)9-22(10-18(3,4)24(17)26)28-13-21(14-29-22)15-30-23(31-16-21)11-19(5,6)25(27)20(7,8)12-23/h26-27H,9-16H2,1-8H3/p+2. The van der Waals surface area contributed by atoms with Crippen LogP contribution in [0.3, 0.4) is 0 Å². The fraction of sp³-hybridized carbons (Fsp3) is 1.00.